The summed E-state index contributed by atoms with van der Waals surface area (Å²) in [5.41, 5.74) is 6.93. The van der Waals surface area contributed by atoms with Crippen LogP contribution in [-0.4, -0.2) is 111 Å². The maximum absolute atomic E-state index is 14.3. The first-order valence-electron chi connectivity index (χ1n) is 18.2. The fourth-order valence-corrected chi connectivity index (χ4v) is 6.92. The lowest BCUT2D eigenvalue weighted by Gasteiger charge is -2.39. The molecule has 4 atom stereocenters. The summed E-state index contributed by atoms with van der Waals surface area (Å²) in [4.78, 5) is 56.1. The zero-order chi connectivity index (χ0) is 40.0. The number of aromatic amines is 1. The topological polar surface area (TPSA) is 213 Å². The smallest absolute Gasteiger partial charge is 0.405 e. The number of benzene rings is 2. The molecule has 17 heteroatoms. The number of H-pyrrole nitrogens is 1. The van der Waals surface area contributed by atoms with Crippen LogP contribution in [0.2, 0.25) is 10.0 Å². The average Bonchev–Trinajstić information content (AvgIpc) is 3.51. The van der Waals surface area contributed by atoms with Gasteiger partial charge in [0.2, 0.25) is 17.7 Å². The van der Waals surface area contributed by atoms with Gasteiger partial charge < -0.3 is 55.5 Å². The predicted molar refractivity (Wildman–Crippen MR) is 207 cm³/mol. The first-order valence-corrected chi connectivity index (χ1v) is 19.0. The number of hydrogen-bond donors (Lipinski definition) is 6. The summed E-state index contributed by atoms with van der Waals surface area (Å²) in [5.74, 6) is -1.79. The number of carbonyl (C=O) groups excluding carboxylic acids is 3. The van der Waals surface area contributed by atoms with E-state index in [1.807, 2.05) is 6.92 Å². The van der Waals surface area contributed by atoms with E-state index in [1.165, 1.54) is 0 Å². The highest BCUT2D eigenvalue weighted by molar-refractivity contribution is 6.38. The van der Waals surface area contributed by atoms with Crippen molar-refractivity contribution in [2.75, 3.05) is 60.0 Å². The van der Waals surface area contributed by atoms with E-state index in [-0.39, 0.29) is 25.2 Å². The van der Waals surface area contributed by atoms with Crippen molar-refractivity contribution in [3.8, 4) is 5.75 Å². The third-order valence-electron chi connectivity index (χ3n) is 9.55. The standard InChI is InChI=1S/C38H51Cl2N5O10/c1-4-23(2)32(34(41)46)44-36(48)38(10-9-30-28(22-38)27-20-25(39)21-29(40)33(27)42-30)45-35(47)31(43-37(49)50)19-24-5-7-26(8-6-24)55-18-17-54-16-15-53-14-13-52-12-11-51-3/h5-8,20-21,23,31-32,42-43H,4,9-19,22H2,1-3H3,(H2,41,46)(H,44,48)(H,45,47)(H,49,50)/t23?,31-,32-,38+/m0/s1. The molecule has 0 spiro atoms. The molecule has 1 aliphatic carbocycles. The largest absolute Gasteiger partial charge is 0.491 e. The van der Waals surface area contributed by atoms with Gasteiger partial charge in [-0.25, -0.2) is 4.79 Å². The van der Waals surface area contributed by atoms with Crippen LogP contribution in [0.25, 0.3) is 10.9 Å². The summed E-state index contributed by atoms with van der Waals surface area (Å²) in [5, 5.41) is 19.2. The lowest BCUT2D eigenvalue weighted by atomic mass is 9.78. The van der Waals surface area contributed by atoms with Crippen LogP contribution < -0.4 is 26.4 Å². The summed E-state index contributed by atoms with van der Waals surface area (Å²) < 4.78 is 27.0. The Kier molecular flexibility index (Phi) is 16.9. The van der Waals surface area contributed by atoms with Crippen LogP contribution in [0.3, 0.4) is 0 Å². The summed E-state index contributed by atoms with van der Waals surface area (Å²) >= 11 is 12.9. The van der Waals surface area contributed by atoms with Gasteiger partial charge >= 0.3 is 6.09 Å². The Morgan fingerprint density at radius 3 is 2.18 bits per heavy atom. The average molecular weight is 809 g/mol. The Morgan fingerprint density at radius 2 is 1.58 bits per heavy atom. The van der Waals surface area contributed by atoms with Crippen molar-refractivity contribution in [3.05, 3.63) is 63.3 Å². The van der Waals surface area contributed by atoms with Crippen LogP contribution in [0.15, 0.2) is 36.4 Å². The first kappa shape index (κ1) is 43.6. The molecule has 0 fully saturated rings. The maximum atomic E-state index is 14.3. The van der Waals surface area contributed by atoms with E-state index in [0.29, 0.717) is 98.0 Å². The van der Waals surface area contributed by atoms with Gasteiger partial charge in [-0.15, -0.1) is 0 Å². The number of rotatable bonds is 23. The minimum absolute atomic E-state index is 0.00933. The molecule has 1 unspecified atom stereocenters. The molecule has 0 radical (unpaired) electrons. The molecule has 302 valence electrons. The molecular formula is C38H51Cl2N5O10. The molecule has 1 aliphatic rings. The van der Waals surface area contributed by atoms with E-state index in [1.54, 1.807) is 50.4 Å². The fraction of sp³-hybridized carbons (Fsp3) is 0.526. The van der Waals surface area contributed by atoms with Gasteiger partial charge in [-0.3, -0.25) is 14.4 Å². The molecule has 4 amide bonds. The van der Waals surface area contributed by atoms with E-state index in [4.69, 9.17) is 52.6 Å². The van der Waals surface area contributed by atoms with E-state index in [0.717, 1.165) is 11.3 Å². The Balaban J connectivity index is 1.43. The normalized spacial score (nSPS) is 16.8. The molecule has 3 aromatic rings. The number of amides is 4. The van der Waals surface area contributed by atoms with Crippen molar-refractivity contribution in [3.63, 3.8) is 0 Å². The second kappa shape index (κ2) is 21.3. The van der Waals surface area contributed by atoms with Crippen molar-refractivity contribution in [2.45, 2.75) is 63.6 Å². The van der Waals surface area contributed by atoms with Gasteiger partial charge in [0.1, 0.15) is 30.0 Å². The highest BCUT2D eigenvalue weighted by Crippen LogP contribution is 2.38. The molecule has 1 aromatic heterocycles. The quantitative estimate of drug-likeness (QED) is 0.0764. The number of primary amides is 1. The molecular weight excluding hydrogens is 757 g/mol. The summed E-state index contributed by atoms with van der Waals surface area (Å²) in [7, 11) is 1.61. The highest BCUT2D eigenvalue weighted by atomic mass is 35.5. The van der Waals surface area contributed by atoms with Crippen LogP contribution in [0.5, 0.6) is 5.75 Å². The zero-order valence-electron chi connectivity index (χ0n) is 31.3. The molecule has 7 N–H and O–H groups in total. The number of nitrogens with two attached hydrogens (primary N) is 1. The number of halogens is 2. The van der Waals surface area contributed by atoms with Gasteiger partial charge in [0.05, 0.1) is 56.8 Å². The first-order chi connectivity index (χ1) is 26.4. The Hall–Kier alpha value is -4.12. The van der Waals surface area contributed by atoms with Crippen LogP contribution in [0.1, 0.15) is 43.5 Å². The Labute approximate surface area is 330 Å². The second-order valence-electron chi connectivity index (χ2n) is 13.4. The number of carboxylic acid groups (broad SMARTS) is 1. The number of methoxy groups -OCH3 is 1. The van der Waals surface area contributed by atoms with E-state index in [9.17, 15) is 24.3 Å². The predicted octanol–water partition coefficient (Wildman–Crippen LogP) is 3.79. The third kappa shape index (κ3) is 12.4. The van der Waals surface area contributed by atoms with Gasteiger partial charge in [0.15, 0.2) is 0 Å². The van der Waals surface area contributed by atoms with Gasteiger partial charge in [0, 0.05) is 36.1 Å². The minimum Gasteiger partial charge on any atom is -0.491 e. The maximum Gasteiger partial charge on any atom is 0.405 e. The molecule has 0 aliphatic heterocycles. The van der Waals surface area contributed by atoms with Crippen LogP contribution in [-0.2, 0) is 52.6 Å². The lowest BCUT2D eigenvalue weighted by molar-refractivity contribution is -0.137. The Morgan fingerprint density at radius 1 is 0.945 bits per heavy atom. The van der Waals surface area contributed by atoms with Crippen molar-refractivity contribution in [2.24, 2.45) is 11.7 Å². The van der Waals surface area contributed by atoms with E-state index in [2.05, 4.69) is 20.9 Å². The molecule has 55 heavy (non-hydrogen) atoms. The second-order valence-corrected chi connectivity index (χ2v) is 14.3. The van der Waals surface area contributed by atoms with Crippen LogP contribution >= 0.6 is 23.2 Å². The molecule has 0 saturated carbocycles. The number of ether oxygens (including phenoxy) is 5. The van der Waals surface area contributed by atoms with Crippen molar-refractivity contribution < 1.29 is 48.0 Å². The van der Waals surface area contributed by atoms with E-state index >= 15 is 0 Å². The van der Waals surface area contributed by atoms with E-state index < -0.39 is 41.4 Å². The molecule has 0 bridgehead atoms. The number of fused-ring (bicyclic) bond motifs is 3. The number of aromatic nitrogens is 1. The Bertz CT molecular complexity index is 1760. The molecule has 15 nitrogen and oxygen atoms in total. The SMILES string of the molecule is CCC(C)[C@H](NC(=O)[C@@]1(NC(=O)[C@H](Cc2ccc(OCCOCCOCCOCCOC)cc2)NC(=O)O)CCc2[nH]c3c(Cl)cc(Cl)cc3c2C1)C(N)=O. The molecule has 0 saturated heterocycles. The zero-order valence-corrected chi connectivity index (χ0v) is 32.9. The number of nitrogens with one attached hydrogen (secondary N) is 4. The summed E-state index contributed by atoms with van der Waals surface area (Å²) in [6.45, 7) is 7.12. The van der Waals surface area contributed by atoms with Crippen molar-refractivity contribution in [1.29, 1.82) is 0 Å². The van der Waals surface area contributed by atoms with Gasteiger partial charge in [-0.2, -0.15) is 0 Å². The lowest BCUT2D eigenvalue weighted by Crippen LogP contribution is -2.66. The monoisotopic (exact) mass is 807 g/mol. The van der Waals surface area contributed by atoms with Crippen molar-refractivity contribution >= 4 is 57.9 Å². The van der Waals surface area contributed by atoms with Gasteiger partial charge in [0.25, 0.3) is 0 Å². The third-order valence-corrected chi connectivity index (χ3v) is 10.1. The van der Waals surface area contributed by atoms with Crippen LogP contribution in [0, 0.1) is 5.92 Å². The summed E-state index contributed by atoms with van der Waals surface area (Å²) in [6, 6.07) is 7.92. The fourth-order valence-electron chi connectivity index (χ4n) is 6.38. The number of hydrogen-bond acceptors (Lipinski definition) is 9. The minimum atomic E-state index is -1.59. The van der Waals surface area contributed by atoms with Gasteiger partial charge in [-0.1, -0.05) is 55.6 Å². The molecule has 1 heterocycles. The molecule has 4 rings (SSSR count). The van der Waals surface area contributed by atoms with Crippen molar-refractivity contribution in [1.82, 2.24) is 20.9 Å². The number of carbonyl (C=O) groups is 4. The van der Waals surface area contributed by atoms with Gasteiger partial charge in [-0.05, 0) is 54.2 Å². The van der Waals surface area contributed by atoms with Crippen LogP contribution in [0.4, 0.5) is 4.79 Å². The highest BCUT2D eigenvalue weighted by Gasteiger charge is 2.46. The number of aryl methyl sites for hydroxylation is 1. The molecule has 2 aromatic carbocycles. The summed E-state index contributed by atoms with van der Waals surface area (Å²) in [6.07, 6.45) is -0.418.